The molecule has 0 bridgehead atoms. The first-order chi connectivity index (χ1) is 31.7. The van der Waals surface area contributed by atoms with Crippen molar-refractivity contribution in [1.29, 1.82) is 0 Å². The molecule has 4 amide bonds. The lowest BCUT2D eigenvalue weighted by Gasteiger charge is -2.19. The molecule has 0 fully saturated rings. The summed E-state index contributed by atoms with van der Waals surface area (Å²) in [5.74, 6) is -2.86. The highest BCUT2D eigenvalue weighted by atomic mass is 35.5. The van der Waals surface area contributed by atoms with Crippen LogP contribution in [0.25, 0.3) is 0 Å². The highest BCUT2D eigenvalue weighted by Gasteiger charge is 2.44. The van der Waals surface area contributed by atoms with Gasteiger partial charge in [0.1, 0.15) is 12.2 Å². The van der Waals surface area contributed by atoms with E-state index in [1.54, 1.807) is 42.5 Å². The van der Waals surface area contributed by atoms with Crippen LogP contribution >= 0.6 is 23.2 Å². The Morgan fingerprint density at radius 2 is 0.971 bits per heavy atom. The summed E-state index contributed by atoms with van der Waals surface area (Å²) >= 11 is 12.5. The summed E-state index contributed by atoms with van der Waals surface area (Å²) in [6, 6.07) is 26.1. The zero-order valence-electron chi connectivity index (χ0n) is 37.7. The maximum atomic E-state index is 13.3. The molecule has 0 radical (unpaired) electrons. The molecule has 352 valence electrons. The number of carbonyl (C=O) groups is 4. The molecule has 68 heavy (non-hydrogen) atoms. The van der Waals surface area contributed by atoms with Crippen LogP contribution in [0.4, 0.5) is 17.1 Å². The van der Waals surface area contributed by atoms with E-state index in [0.29, 0.717) is 0 Å². The van der Waals surface area contributed by atoms with Crippen molar-refractivity contribution < 1.29 is 55.9 Å². The van der Waals surface area contributed by atoms with Gasteiger partial charge in [-0.1, -0.05) is 89.0 Å². The van der Waals surface area contributed by atoms with E-state index in [0.717, 1.165) is 30.4 Å². The van der Waals surface area contributed by atoms with Crippen LogP contribution in [-0.2, 0) is 37.4 Å². The van der Waals surface area contributed by atoms with Gasteiger partial charge >= 0.3 is 0 Å². The fraction of sp³-hybridized carbons (Fsp3) is 0.208. The zero-order valence-corrected chi connectivity index (χ0v) is 40.8. The van der Waals surface area contributed by atoms with Crippen molar-refractivity contribution in [2.45, 2.75) is 75.6 Å². The van der Waals surface area contributed by atoms with Crippen molar-refractivity contribution in [1.82, 2.24) is 4.90 Å². The zero-order chi connectivity index (χ0) is 49.8. The number of sulfonamides is 2. The number of rotatable bonds is 9. The molecule has 0 spiro atoms. The predicted molar refractivity (Wildman–Crippen MR) is 253 cm³/mol. The Morgan fingerprint density at radius 1 is 0.544 bits per heavy atom. The molecule has 4 aromatic carbocycles. The van der Waals surface area contributed by atoms with Crippen LogP contribution < -0.4 is 23.8 Å². The largest absolute Gasteiger partial charge is 0.285 e. The Bertz CT molecular complexity index is 3300. The smallest absolute Gasteiger partial charge is 0.268 e. The van der Waals surface area contributed by atoms with Gasteiger partial charge in [-0.2, -0.15) is 0 Å². The minimum atomic E-state index is -4.07. The van der Waals surface area contributed by atoms with Crippen molar-refractivity contribution in [3.63, 3.8) is 0 Å². The molecule has 2 aliphatic heterocycles. The van der Waals surface area contributed by atoms with E-state index in [2.05, 4.69) is 9.44 Å². The number of carbonyl (C=O) groups excluding carboxylic acids is 4. The summed E-state index contributed by atoms with van der Waals surface area (Å²) < 4.78 is 58.8. The number of fused-ring (bicyclic) bond motifs is 2. The molecular formula is C48H46Cl2N6O10S2+2. The molecule has 16 nitrogen and oxygen atoms in total. The van der Waals surface area contributed by atoms with Gasteiger partial charge < -0.3 is 0 Å². The molecule has 2 aromatic heterocycles. The van der Waals surface area contributed by atoms with E-state index in [9.17, 15) is 46.4 Å². The van der Waals surface area contributed by atoms with Gasteiger partial charge in [0.15, 0.2) is 0 Å². The van der Waals surface area contributed by atoms with E-state index in [1.807, 2.05) is 41.5 Å². The van der Waals surface area contributed by atoms with Crippen molar-refractivity contribution in [3.8, 4) is 0 Å². The number of hydrogen-bond donors (Lipinski definition) is 4. The molecule has 20 heteroatoms. The highest BCUT2D eigenvalue weighted by Crippen LogP contribution is 2.39. The lowest BCUT2D eigenvalue weighted by Crippen LogP contribution is -2.40. The number of amides is 4. The van der Waals surface area contributed by atoms with Gasteiger partial charge in [0.25, 0.3) is 55.1 Å². The molecular weight excluding hydrogens is 956 g/mol. The highest BCUT2D eigenvalue weighted by molar-refractivity contribution is 7.93. The third kappa shape index (κ3) is 9.36. The van der Waals surface area contributed by atoms with Crippen LogP contribution in [0.5, 0.6) is 0 Å². The number of anilines is 3. The standard InChI is InChI=1S/2C24H22ClN3O5S/c1-14-19(6-5-13-27(14)31)28-22(29)20-17(25)11-12-18(21(20)23(28)30)26-34(32,33)16-9-7-15(8-10-16)24(2,3)4;1-24(2,3)15-7-9-17(10-8-15)34(32,33)26-19-12-11-18(25)20-21(19)23(30)27(22(20)29)14-16-6-4-5-13-28(16)31/h5-13H,1-4H3,(H-,26,30,31);4-13H,14H2,1-3H3,(H-,26,30,31)/p+2. The molecule has 6 aromatic rings. The normalized spacial score (nSPS) is 13.8. The van der Waals surface area contributed by atoms with Crippen molar-refractivity contribution in [2.24, 2.45) is 0 Å². The summed E-state index contributed by atoms with van der Waals surface area (Å²) in [5, 5.41) is 20.0. The number of benzene rings is 4. The Morgan fingerprint density at radius 3 is 1.44 bits per heavy atom. The van der Waals surface area contributed by atoms with Crippen molar-refractivity contribution in [2.75, 3.05) is 14.3 Å². The summed E-state index contributed by atoms with van der Waals surface area (Å²) in [6.45, 7) is 13.4. The SMILES string of the molecule is CC(C)(C)c1ccc(S(=O)(=O)Nc2ccc(Cl)c3c2C(=O)N(Cc2cccc[n+]2O)C3=O)cc1.Cc1c(N2C(=O)c3c(Cl)ccc(NS(=O)(=O)c4ccc(C(C)(C)C)cc4)c3C2=O)ccc[n+]1O. The summed E-state index contributed by atoms with van der Waals surface area (Å²) in [4.78, 5) is 54.5. The fourth-order valence-corrected chi connectivity index (χ4v) is 10.1. The molecule has 0 aliphatic carbocycles. The predicted octanol–water partition coefficient (Wildman–Crippen LogP) is 7.83. The molecule has 8 rings (SSSR count). The Balaban J connectivity index is 0.000000201. The number of nitrogens with one attached hydrogen (secondary N) is 2. The first-order valence-electron chi connectivity index (χ1n) is 20.8. The Hall–Kier alpha value is -6.86. The fourth-order valence-electron chi connectivity index (χ4n) is 7.46. The number of halogens is 2. The summed E-state index contributed by atoms with van der Waals surface area (Å²) in [5.41, 5.74) is 1.73. The van der Waals surface area contributed by atoms with Crippen LogP contribution in [0.1, 0.15) is 105 Å². The van der Waals surface area contributed by atoms with E-state index >= 15 is 0 Å². The molecule has 4 heterocycles. The topological polar surface area (TPSA) is 215 Å². The second kappa shape index (κ2) is 18.0. The minimum Gasteiger partial charge on any atom is -0.285 e. The second-order valence-electron chi connectivity index (χ2n) is 18.0. The van der Waals surface area contributed by atoms with Crippen molar-refractivity contribution in [3.05, 3.63) is 170 Å². The van der Waals surface area contributed by atoms with Gasteiger partial charge in [0.05, 0.1) is 53.5 Å². The van der Waals surface area contributed by atoms with Crippen LogP contribution in [0.15, 0.2) is 125 Å². The number of imide groups is 2. The van der Waals surface area contributed by atoms with Gasteiger partial charge in [-0.25, -0.2) is 21.7 Å². The molecule has 0 atom stereocenters. The van der Waals surface area contributed by atoms with E-state index < -0.39 is 43.7 Å². The third-order valence-corrected chi connectivity index (χ3v) is 14.7. The van der Waals surface area contributed by atoms with Crippen molar-refractivity contribution >= 4 is 83.9 Å². The van der Waals surface area contributed by atoms with E-state index in [4.69, 9.17) is 23.2 Å². The molecule has 0 saturated carbocycles. The molecule has 0 unspecified atom stereocenters. The minimum absolute atomic E-state index is 0.0121. The monoisotopic (exact) mass is 1000 g/mol. The lowest BCUT2D eigenvalue weighted by molar-refractivity contribution is -0.910. The van der Waals surface area contributed by atoms with Gasteiger partial charge in [-0.05, 0) is 82.6 Å². The molecule has 0 saturated heterocycles. The first kappa shape index (κ1) is 49.1. The van der Waals surface area contributed by atoms with Gasteiger partial charge in [0.2, 0.25) is 12.4 Å². The van der Waals surface area contributed by atoms with Crippen LogP contribution in [0, 0.1) is 6.92 Å². The average molecular weight is 1000 g/mol. The quantitative estimate of drug-likeness (QED) is 0.0626. The number of pyridine rings is 2. The van der Waals surface area contributed by atoms with Crippen LogP contribution in [0.3, 0.4) is 0 Å². The van der Waals surface area contributed by atoms with Crippen LogP contribution in [-0.4, -0.2) is 55.8 Å². The Labute approximate surface area is 403 Å². The third-order valence-electron chi connectivity index (χ3n) is 11.3. The number of hydrogen-bond acceptors (Lipinski definition) is 10. The summed E-state index contributed by atoms with van der Waals surface area (Å²) in [6.07, 6.45) is 2.72. The number of aromatic nitrogens is 2. The van der Waals surface area contributed by atoms with Gasteiger partial charge in [0, 0.05) is 34.6 Å². The first-order valence-corrected chi connectivity index (χ1v) is 24.5. The van der Waals surface area contributed by atoms with E-state index in [-0.39, 0.29) is 87.9 Å². The van der Waals surface area contributed by atoms with Gasteiger partial charge in [-0.3, -0.25) is 43.9 Å². The molecule has 4 N–H and O–H groups in total. The average Bonchev–Trinajstić information content (AvgIpc) is 3.69. The van der Waals surface area contributed by atoms with E-state index in [1.165, 1.54) is 80.0 Å². The lowest BCUT2D eigenvalue weighted by atomic mass is 9.87. The summed E-state index contributed by atoms with van der Waals surface area (Å²) in [7, 11) is -8.12. The van der Waals surface area contributed by atoms with Crippen LogP contribution in [0.2, 0.25) is 10.0 Å². The molecule has 2 aliphatic rings. The second-order valence-corrected chi connectivity index (χ2v) is 22.1. The van der Waals surface area contributed by atoms with Gasteiger partial charge in [-0.15, -0.1) is 0 Å². The maximum Gasteiger partial charge on any atom is 0.268 e. The number of nitrogens with zero attached hydrogens (tertiary/aromatic N) is 4. The Kier molecular flexibility index (Phi) is 13.0. The maximum absolute atomic E-state index is 13.3.